The molecule has 1 heterocycles. The van der Waals surface area contributed by atoms with E-state index in [0.29, 0.717) is 11.1 Å². The van der Waals surface area contributed by atoms with Gasteiger partial charge in [-0.05, 0) is 13.3 Å². The molecule has 0 saturated carbocycles. The van der Waals surface area contributed by atoms with Crippen LogP contribution in [0.5, 0.6) is 0 Å². The first kappa shape index (κ1) is 10.4. The molecule has 0 fully saturated rings. The largest absolute Gasteiger partial charge is 0.386 e. The number of allylic oxidation sites excluding steroid dienone is 2. The van der Waals surface area contributed by atoms with Gasteiger partial charge in [0, 0.05) is 0 Å². The Bertz CT molecular complexity index is 346. The zero-order valence-corrected chi connectivity index (χ0v) is 8.24. The molecule has 3 heteroatoms. The molecule has 0 aliphatic carbocycles. The maximum Gasteiger partial charge on any atom is 0.346 e. The lowest BCUT2D eigenvalue weighted by Gasteiger charge is -1.88. The lowest BCUT2D eigenvalue weighted by Crippen LogP contribution is -2.01. The molecule has 74 valence electrons. The topological polar surface area (TPSA) is 43.4 Å². The fourth-order valence-corrected chi connectivity index (χ4v) is 1.13. The minimum absolute atomic E-state index is 0.335. The summed E-state index contributed by atoms with van der Waals surface area (Å²) < 4.78 is 4.48. The molecule has 0 aromatic rings. The molecule has 0 bridgehead atoms. The van der Waals surface area contributed by atoms with Crippen LogP contribution >= 0.6 is 0 Å². The van der Waals surface area contributed by atoms with Crippen LogP contribution in [0.4, 0.5) is 0 Å². The third kappa shape index (κ3) is 1.99. The van der Waals surface area contributed by atoms with Crippen molar-refractivity contribution in [2.75, 3.05) is 0 Å². The summed E-state index contributed by atoms with van der Waals surface area (Å²) in [4.78, 5) is 22.4. The highest BCUT2D eigenvalue weighted by Gasteiger charge is 2.29. The summed E-state index contributed by atoms with van der Waals surface area (Å²) in [5.74, 6) is -1.13. The number of carbonyl (C=O) groups is 2. The summed E-state index contributed by atoms with van der Waals surface area (Å²) >= 11 is 0. The normalized spacial score (nSPS) is 17.6. The smallest absolute Gasteiger partial charge is 0.346 e. The molecule has 3 nitrogen and oxygen atoms in total. The standard InChI is InChI=1S/C11H12O3/c1-3-5-7-9-8(6-4-2)10(12)14-11(9)13/h4-7H,3H2,1-2H3/b6-4-,7-5-. The predicted molar refractivity (Wildman–Crippen MR) is 52.4 cm³/mol. The summed E-state index contributed by atoms with van der Waals surface area (Å²) in [6.45, 7) is 3.73. The van der Waals surface area contributed by atoms with E-state index in [1.54, 1.807) is 25.2 Å². The van der Waals surface area contributed by atoms with Crippen molar-refractivity contribution < 1.29 is 14.3 Å². The van der Waals surface area contributed by atoms with Gasteiger partial charge in [-0.15, -0.1) is 0 Å². The van der Waals surface area contributed by atoms with E-state index in [0.717, 1.165) is 6.42 Å². The highest BCUT2D eigenvalue weighted by atomic mass is 16.6. The third-order valence-corrected chi connectivity index (χ3v) is 1.77. The summed E-state index contributed by atoms with van der Waals surface area (Å²) in [5, 5.41) is 0. The quantitative estimate of drug-likeness (QED) is 0.506. The van der Waals surface area contributed by atoms with Crippen molar-refractivity contribution in [3.05, 3.63) is 35.5 Å². The van der Waals surface area contributed by atoms with Crippen LogP contribution in [-0.4, -0.2) is 11.9 Å². The fourth-order valence-electron chi connectivity index (χ4n) is 1.13. The molecule has 0 amide bonds. The lowest BCUT2D eigenvalue weighted by atomic mass is 10.1. The van der Waals surface area contributed by atoms with Crippen LogP contribution in [-0.2, 0) is 14.3 Å². The molecule has 1 aliphatic rings. The van der Waals surface area contributed by atoms with Crippen LogP contribution in [0, 0.1) is 0 Å². The molecular formula is C11H12O3. The SMILES string of the molecule is C/C=C\C1=C(/C=C\CC)C(=O)OC1=O. The number of carbonyl (C=O) groups excluding carboxylic acids is 2. The molecule has 1 rings (SSSR count). The Labute approximate surface area is 82.8 Å². The minimum atomic E-state index is -0.566. The van der Waals surface area contributed by atoms with Crippen molar-refractivity contribution in [3.63, 3.8) is 0 Å². The average Bonchev–Trinajstić information content (AvgIpc) is 2.40. The van der Waals surface area contributed by atoms with E-state index < -0.39 is 11.9 Å². The molecule has 0 atom stereocenters. The first-order valence-electron chi connectivity index (χ1n) is 4.50. The zero-order chi connectivity index (χ0) is 10.6. The van der Waals surface area contributed by atoms with E-state index in [2.05, 4.69) is 4.74 Å². The van der Waals surface area contributed by atoms with Gasteiger partial charge in [-0.2, -0.15) is 0 Å². The van der Waals surface area contributed by atoms with E-state index >= 15 is 0 Å². The molecule has 0 aromatic carbocycles. The summed E-state index contributed by atoms with van der Waals surface area (Å²) in [6.07, 6.45) is 7.55. The summed E-state index contributed by atoms with van der Waals surface area (Å²) in [6, 6.07) is 0. The van der Waals surface area contributed by atoms with Crippen molar-refractivity contribution in [2.45, 2.75) is 20.3 Å². The molecule has 0 spiro atoms. The van der Waals surface area contributed by atoms with Crippen molar-refractivity contribution in [1.82, 2.24) is 0 Å². The van der Waals surface area contributed by atoms with Crippen LogP contribution in [0.1, 0.15) is 20.3 Å². The fraction of sp³-hybridized carbons (Fsp3) is 0.273. The average molecular weight is 192 g/mol. The van der Waals surface area contributed by atoms with Crippen molar-refractivity contribution in [2.24, 2.45) is 0 Å². The second-order valence-electron chi connectivity index (χ2n) is 2.81. The number of hydrogen-bond acceptors (Lipinski definition) is 3. The maximum atomic E-state index is 11.2. The molecule has 14 heavy (non-hydrogen) atoms. The Morgan fingerprint density at radius 3 is 2.21 bits per heavy atom. The van der Waals surface area contributed by atoms with Gasteiger partial charge >= 0.3 is 11.9 Å². The predicted octanol–water partition coefficient (Wildman–Crippen LogP) is 1.91. The Morgan fingerprint density at radius 1 is 1.14 bits per heavy atom. The highest BCUT2D eigenvalue weighted by Crippen LogP contribution is 2.19. The third-order valence-electron chi connectivity index (χ3n) is 1.77. The molecule has 0 radical (unpaired) electrons. The van der Waals surface area contributed by atoms with E-state index in [-0.39, 0.29) is 0 Å². The number of rotatable bonds is 3. The van der Waals surface area contributed by atoms with Crippen LogP contribution in [0.2, 0.25) is 0 Å². The van der Waals surface area contributed by atoms with Crippen LogP contribution in [0.25, 0.3) is 0 Å². The van der Waals surface area contributed by atoms with E-state index in [1.807, 2.05) is 13.0 Å². The van der Waals surface area contributed by atoms with Crippen LogP contribution in [0.15, 0.2) is 35.5 Å². The molecular weight excluding hydrogens is 180 g/mol. The first-order valence-corrected chi connectivity index (χ1v) is 4.50. The van der Waals surface area contributed by atoms with E-state index in [1.165, 1.54) is 0 Å². The lowest BCUT2D eigenvalue weighted by molar-refractivity contribution is -0.150. The number of esters is 2. The number of ether oxygens (including phenoxy) is 1. The maximum absolute atomic E-state index is 11.2. The Balaban J connectivity index is 3.08. The molecule has 0 N–H and O–H groups in total. The van der Waals surface area contributed by atoms with Gasteiger partial charge in [0.2, 0.25) is 0 Å². The Morgan fingerprint density at radius 2 is 1.71 bits per heavy atom. The highest BCUT2D eigenvalue weighted by molar-refractivity contribution is 6.15. The molecule has 0 saturated heterocycles. The van der Waals surface area contributed by atoms with Gasteiger partial charge in [0.1, 0.15) is 0 Å². The second-order valence-corrected chi connectivity index (χ2v) is 2.81. The Hall–Kier alpha value is -1.64. The summed E-state index contributed by atoms with van der Waals surface area (Å²) in [5.41, 5.74) is 0.678. The van der Waals surface area contributed by atoms with Crippen molar-refractivity contribution in [3.8, 4) is 0 Å². The molecule has 1 aliphatic heterocycles. The van der Waals surface area contributed by atoms with E-state index in [9.17, 15) is 9.59 Å². The van der Waals surface area contributed by atoms with Crippen LogP contribution < -0.4 is 0 Å². The first-order chi connectivity index (χ1) is 6.70. The second kappa shape index (κ2) is 4.56. The van der Waals surface area contributed by atoms with Crippen molar-refractivity contribution in [1.29, 1.82) is 0 Å². The Kier molecular flexibility index (Phi) is 3.40. The van der Waals surface area contributed by atoms with Gasteiger partial charge in [-0.1, -0.05) is 31.2 Å². The van der Waals surface area contributed by atoms with Crippen molar-refractivity contribution >= 4 is 11.9 Å². The number of cyclic esters (lactones) is 2. The van der Waals surface area contributed by atoms with Gasteiger partial charge in [0.05, 0.1) is 11.1 Å². The van der Waals surface area contributed by atoms with Gasteiger partial charge in [0.15, 0.2) is 0 Å². The zero-order valence-electron chi connectivity index (χ0n) is 8.24. The molecule has 0 aromatic heterocycles. The van der Waals surface area contributed by atoms with Gasteiger partial charge in [-0.3, -0.25) is 0 Å². The number of hydrogen-bond donors (Lipinski definition) is 0. The van der Waals surface area contributed by atoms with Crippen LogP contribution in [0.3, 0.4) is 0 Å². The van der Waals surface area contributed by atoms with Gasteiger partial charge < -0.3 is 4.74 Å². The van der Waals surface area contributed by atoms with E-state index in [4.69, 9.17) is 0 Å². The van der Waals surface area contributed by atoms with Gasteiger partial charge in [0.25, 0.3) is 0 Å². The minimum Gasteiger partial charge on any atom is -0.386 e. The summed E-state index contributed by atoms with van der Waals surface area (Å²) in [7, 11) is 0. The van der Waals surface area contributed by atoms with Gasteiger partial charge in [-0.25, -0.2) is 9.59 Å². The molecule has 0 unspecified atom stereocenters. The monoisotopic (exact) mass is 192 g/mol.